The van der Waals surface area contributed by atoms with Crippen LogP contribution in [0.15, 0.2) is 78.6 Å². The lowest BCUT2D eigenvalue weighted by molar-refractivity contribution is -0.149. The molecule has 7 nitrogen and oxygen atoms in total. The predicted molar refractivity (Wildman–Crippen MR) is 176 cm³/mol. The van der Waals surface area contributed by atoms with Gasteiger partial charge < -0.3 is 19.9 Å². The third kappa shape index (κ3) is 7.28. The van der Waals surface area contributed by atoms with Gasteiger partial charge >= 0.3 is 0 Å². The van der Waals surface area contributed by atoms with Gasteiger partial charge in [-0.15, -0.1) is 0 Å². The first-order valence-electron chi connectivity index (χ1n) is 15.8. The Kier molecular flexibility index (Phi) is 9.53. The van der Waals surface area contributed by atoms with Crippen LogP contribution in [0.5, 0.6) is 0 Å². The zero-order valence-electron chi connectivity index (χ0n) is 25.4. The number of anilines is 1. The Morgan fingerprint density at radius 1 is 0.977 bits per heavy atom. The van der Waals surface area contributed by atoms with Crippen LogP contribution in [0.1, 0.15) is 52.7 Å². The number of halogens is 1. The molecule has 2 heterocycles. The normalized spacial score (nSPS) is 21.6. The average molecular weight is 613 g/mol. The number of nitrogens with one attached hydrogen (secondary N) is 1. The summed E-state index contributed by atoms with van der Waals surface area (Å²) in [5, 5.41) is 3.81. The van der Waals surface area contributed by atoms with Gasteiger partial charge in [-0.25, -0.2) is 0 Å². The number of nitrogens with zero attached hydrogens (tertiary/aromatic N) is 3. The molecule has 230 valence electrons. The fourth-order valence-electron chi connectivity index (χ4n) is 6.58. The summed E-state index contributed by atoms with van der Waals surface area (Å²) in [5.74, 6) is 0.222. The number of piperazine rings is 1. The molecule has 0 bridgehead atoms. The second kappa shape index (κ2) is 13.9. The van der Waals surface area contributed by atoms with Crippen molar-refractivity contribution in [2.75, 3.05) is 44.2 Å². The van der Waals surface area contributed by atoms with Gasteiger partial charge in [0.25, 0.3) is 11.8 Å². The van der Waals surface area contributed by atoms with Gasteiger partial charge in [0, 0.05) is 62.1 Å². The van der Waals surface area contributed by atoms with Gasteiger partial charge in [0.15, 0.2) is 5.76 Å². The second-order valence-corrected chi connectivity index (χ2v) is 12.6. The molecule has 0 radical (unpaired) electrons. The number of carbonyl (C=O) groups excluding carboxylic acids is 2. The molecule has 1 N–H and O–H groups in total. The molecular formula is C36H41ClN4O3. The van der Waals surface area contributed by atoms with Gasteiger partial charge in [-0.05, 0) is 73.7 Å². The molecule has 3 fully saturated rings. The van der Waals surface area contributed by atoms with Crippen LogP contribution < -0.4 is 10.2 Å². The van der Waals surface area contributed by atoms with Crippen LogP contribution in [0.3, 0.4) is 0 Å². The molecular weight excluding hydrogens is 572 g/mol. The average Bonchev–Trinajstić information content (AvgIpc) is 3.04. The van der Waals surface area contributed by atoms with Gasteiger partial charge in [-0.2, -0.15) is 0 Å². The zero-order valence-corrected chi connectivity index (χ0v) is 26.1. The number of hydrogen-bond acceptors (Lipinski definition) is 5. The summed E-state index contributed by atoms with van der Waals surface area (Å²) < 4.78 is 6.30. The van der Waals surface area contributed by atoms with Crippen LogP contribution in [0.4, 0.5) is 5.69 Å². The highest BCUT2D eigenvalue weighted by atomic mass is 35.5. The summed E-state index contributed by atoms with van der Waals surface area (Å²) in [6.07, 6.45) is 5.99. The maximum Gasteiger partial charge on any atom is 0.289 e. The highest BCUT2D eigenvalue weighted by Crippen LogP contribution is 2.34. The van der Waals surface area contributed by atoms with E-state index in [-0.39, 0.29) is 24.0 Å². The molecule has 2 aliphatic heterocycles. The number of aryl methyl sites for hydroxylation is 1. The van der Waals surface area contributed by atoms with E-state index in [1.165, 1.54) is 5.56 Å². The third-order valence-electron chi connectivity index (χ3n) is 8.98. The van der Waals surface area contributed by atoms with Crippen LogP contribution >= 0.6 is 11.6 Å². The maximum absolute atomic E-state index is 13.7. The first-order chi connectivity index (χ1) is 21.4. The minimum absolute atomic E-state index is 0.0161. The van der Waals surface area contributed by atoms with Crippen LogP contribution in [0.2, 0.25) is 5.02 Å². The van der Waals surface area contributed by atoms with E-state index in [1.54, 1.807) is 0 Å². The Morgan fingerprint density at radius 2 is 1.75 bits per heavy atom. The SMILES string of the molecule is Cc1cccc(CN2C(=O)/C(=C\c3ccc(C(=O)NCCN4CCN(c5cccc(Cl)c5)CC4)cc3)OC3CCCCC32)c1. The Morgan fingerprint density at radius 3 is 2.52 bits per heavy atom. The first-order valence-corrected chi connectivity index (χ1v) is 16.2. The summed E-state index contributed by atoms with van der Waals surface area (Å²) in [6, 6.07) is 23.8. The molecule has 2 saturated heterocycles. The second-order valence-electron chi connectivity index (χ2n) is 12.1. The smallest absolute Gasteiger partial charge is 0.289 e. The summed E-state index contributed by atoms with van der Waals surface area (Å²) in [5.41, 5.74) is 4.92. The van der Waals surface area contributed by atoms with Crippen molar-refractivity contribution in [1.82, 2.24) is 15.1 Å². The number of fused-ring (bicyclic) bond motifs is 1. The van der Waals surface area contributed by atoms with E-state index in [2.05, 4.69) is 46.3 Å². The highest BCUT2D eigenvalue weighted by molar-refractivity contribution is 6.30. The molecule has 2 amide bonds. The number of ether oxygens (including phenoxy) is 1. The quantitative estimate of drug-likeness (QED) is 0.320. The number of amides is 2. The van der Waals surface area contributed by atoms with Crippen molar-refractivity contribution in [2.45, 2.75) is 51.3 Å². The molecule has 44 heavy (non-hydrogen) atoms. The first kappa shape index (κ1) is 30.2. The van der Waals surface area contributed by atoms with Crippen LogP contribution in [-0.4, -0.2) is 73.0 Å². The molecule has 2 unspecified atom stereocenters. The molecule has 6 rings (SSSR count). The van der Waals surface area contributed by atoms with Gasteiger partial charge in [0.1, 0.15) is 6.10 Å². The van der Waals surface area contributed by atoms with Crippen LogP contribution in [-0.2, 0) is 16.1 Å². The fraction of sp³-hybridized carbons (Fsp3) is 0.389. The number of morpholine rings is 1. The molecule has 0 spiro atoms. The molecule has 3 aromatic carbocycles. The molecule has 3 aromatic rings. The van der Waals surface area contributed by atoms with Crippen LogP contribution in [0, 0.1) is 6.92 Å². The summed E-state index contributed by atoms with van der Waals surface area (Å²) in [6.45, 7) is 7.80. The van der Waals surface area contributed by atoms with Gasteiger partial charge in [-0.1, -0.05) is 66.0 Å². The largest absolute Gasteiger partial charge is 0.482 e. The lowest BCUT2D eigenvalue weighted by Crippen LogP contribution is -2.54. The van der Waals surface area contributed by atoms with Crippen molar-refractivity contribution in [3.05, 3.63) is 106 Å². The fourth-order valence-corrected chi connectivity index (χ4v) is 6.77. The predicted octanol–water partition coefficient (Wildman–Crippen LogP) is 5.91. The van der Waals surface area contributed by atoms with Gasteiger partial charge in [-0.3, -0.25) is 14.5 Å². The summed E-state index contributed by atoms with van der Waals surface area (Å²) >= 11 is 6.16. The van der Waals surface area contributed by atoms with E-state index in [4.69, 9.17) is 16.3 Å². The van der Waals surface area contributed by atoms with Gasteiger partial charge in [0.2, 0.25) is 0 Å². The lowest BCUT2D eigenvalue weighted by atomic mass is 9.89. The summed E-state index contributed by atoms with van der Waals surface area (Å²) in [4.78, 5) is 33.2. The molecule has 0 aromatic heterocycles. The maximum atomic E-state index is 13.7. The van der Waals surface area contributed by atoms with E-state index in [9.17, 15) is 9.59 Å². The standard InChI is InChI=1S/C36H41ClN4O3/c1-26-6-4-7-28(22-26)25-41-32-10-2-3-11-33(32)44-34(36(41)43)23-27-12-14-29(15-13-27)35(42)38-16-17-39-18-20-40(21-19-39)31-9-5-8-30(37)24-31/h4-9,12-15,22-24,32-33H,2-3,10-11,16-21,25H2,1H3,(H,38,42)/b34-23+. The molecule has 2 atom stereocenters. The van der Waals surface area contributed by atoms with E-state index < -0.39 is 0 Å². The Bertz CT molecular complexity index is 1500. The van der Waals surface area contributed by atoms with Gasteiger partial charge in [0.05, 0.1) is 6.04 Å². The lowest BCUT2D eigenvalue weighted by Gasteiger charge is -2.44. The van der Waals surface area contributed by atoms with Crippen molar-refractivity contribution in [3.8, 4) is 0 Å². The third-order valence-corrected chi connectivity index (χ3v) is 9.22. The van der Waals surface area contributed by atoms with Crippen molar-refractivity contribution >= 4 is 35.2 Å². The number of hydrogen-bond donors (Lipinski definition) is 1. The minimum Gasteiger partial charge on any atom is -0.482 e. The van der Waals surface area contributed by atoms with Crippen molar-refractivity contribution in [3.63, 3.8) is 0 Å². The van der Waals surface area contributed by atoms with E-state index in [1.807, 2.05) is 59.5 Å². The molecule has 8 heteroatoms. The van der Waals surface area contributed by atoms with E-state index in [0.717, 1.165) is 80.2 Å². The monoisotopic (exact) mass is 612 g/mol. The van der Waals surface area contributed by atoms with Crippen molar-refractivity contribution < 1.29 is 14.3 Å². The van der Waals surface area contributed by atoms with Crippen LogP contribution in [0.25, 0.3) is 6.08 Å². The molecule has 3 aliphatic rings. The Hall–Kier alpha value is -3.81. The van der Waals surface area contributed by atoms with Crippen molar-refractivity contribution in [1.29, 1.82) is 0 Å². The Labute approximate surface area is 265 Å². The zero-order chi connectivity index (χ0) is 30.5. The number of rotatable bonds is 8. The molecule has 1 saturated carbocycles. The number of carbonyl (C=O) groups is 2. The molecule has 1 aliphatic carbocycles. The minimum atomic E-state index is -0.0962. The Balaban J connectivity index is 1.02. The summed E-state index contributed by atoms with van der Waals surface area (Å²) in [7, 11) is 0. The number of benzene rings is 3. The van der Waals surface area contributed by atoms with Crippen molar-refractivity contribution in [2.24, 2.45) is 0 Å². The highest BCUT2D eigenvalue weighted by Gasteiger charge is 2.41. The topological polar surface area (TPSA) is 65.1 Å². The van der Waals surface area contributed by atoms with E-state index in [0.29, 0.717) is 24.4 Å². The van der Waals surface area contributed by atoms with E-state index >= 15 is 0 Å².